The van der Waals surface area contributed by atoms with Gasteiger partial charge >= 0.3 is 16.3 Å². The van der Waals surface area contributed by atoms with Crippen molar-refractivity contribution < 1.29 is 37.1 Å². The molecular formula is C32H45N5O8S. The number of rotatable bonds is 15. The number of primary amides is 1. The van der Waals surface area contributed by atoms with E-state index < -0.39 is 57.6 Å². The minimum Gasteiger partial charge on any atom is -0.495 e. The largest absolute Gasteiger partial charge is 0.495 e. The van der Waals surface area contributed by atoms with Crippen LogP contribution in [0.1, 0.15) is 65.7 Å². The molecule has 46 heavy (non-hydrogen) atoms. The van der Waals surface area contributed by atoms with E-state index in [0.29, 0.717) is 56.4 Å². The fraction of sp³-hybridized carbons (Fsp3) is 0.531. The molecule has 1 saturated carbocycles. The van der Waals surface area contributed by atoms with E-state index in [9.17, 15) is 27.6 Å². The molecule has 13 nitrogen and oxygen atoms in total. The van der Waals surface area contributed by atoms with Crippen LogP contribution >= 0.6 is 0 Å². The third-order valence-electron chi connectivity index (χ3n) is 7.56. The highest BCUT2D eigenvalue weighted by Crippen LogP contribution is 2.40. The van der Waals surface area contributed by atoms with Crippen LogP contribution in [0.4, 0.5) is 10.5 Å². The van der Waals surface area contributed by atoms with Crippen molar-refractivity contribution in [2.75, 3.05) is 18.4 Å². The molecule has 2 aliphatic rings. The molecule has 4 atom stereocenters. The fourth-order valence-corrected chi connectivity index (χ4v) is 6.16. The number of nitrogens with one attached hydrogen (secondary N) is 3. The van der Waals surface area contributed by atoms with Gasteiger partial charge in [0.1, 0.15) is 23.4 Å². The van der Waals surface area contributed by atoms with E-state index in [1.807, 2.05) is 12.2 Å². The second-order valence-corrected chi connectivity index (χ2v) is 13.7. The number of nitrogens with two attached hydrogens (primary N) is 1. The number of nitrogens with zero attached hydrogens (tertiary/aromatic N) is 1. The average molecular weight is 660 g/mol. The van der Waals surface area contributed by atoms with Crippen molar-refractivity contribution in [1.29, 1.82) is 0 Å². The standard InChI is InChI=1S/C32H45N5O8S/c1-6-21(27(34-31(41)45-32(2,3)4)30(40)37-19-13-17-25(37)28(33)38)14-9-7-8-10-15-22-20-23(22)29(39)36-46(42,43)35-24-16-11-12-18-26(24)44-5/h10-12,15-16,18,22-23,25,27,35H,1,7-9,13-14,17,19-20H2,2-5H3,(H2,33,38)(H,34,41)(H,36,39)/b15-10-/t22-,23+,25+,27+/m1/s1. The number of carbonyl (C=O) groups is 4. The third kappa shape index (κ3) is 10.7. The Balaban J connectivity index is 1.50. The summed E-state index contributed by atoms with van der Waals surface area (Å²) in [5, 5.41) is 2.64. The van der Waals surface area contributed by atoms with Gasteiger partial charge in [0.05, 0.1) is 12.8 Å². The predicted octanol–water partition coefficient (Wildman–Crippen LogP) is 3.30. The first-order valence-corrected chi connectivity index (χ1v) is 16.8. The summed E-state index contributed by atoms with van der Waals surface area (Å²) >= 11 is 0. The molecule has 0 bridgehead atoms. The molecule has 14 heteroatoms. The highest BCUT2D eigenvalue weighted by molar-refractivity contribution is 7.91. The summed E-state index contributed by atoms with van der Waals surface area (Å²) in [5.41, 5.74) is 8.23. The Hall–Kier alpha value is -4.29. The van der Waals surface area contributed by atoms with Gasteiger partial charge in [-0.15, -0.1) is 5.73 Å². The number of hydrogen-bond acceptors (Lipinski definition) is 8. The molecule has 252 valence electrons. The molecule has 0 spiro atoms. The molecule has 0 radical (unpaired) electrons. The molecule has 3 rings (SSSR count). The molecule has 0 aromatic heterocycles. The van der Waals surface area contributed by atoms with Gasteiger partial charge in [-0.1, -0.05) is 30.9 Å². The maximum atomic E-state index is 13.5. The van der Waals surface area contributed by atoms with Crippen molar-refractivity contribution in [1.82, 2.24) is 14.9 Å². The number of methoxy groups -OCH3 is 1. The molecular weight excluding hydrogens is 614 g/mol. The Morgan fingerprint density at radius 1 is 1.20 bits per heavy atom. The Labute approximate surface area is 270 Å². The summed E-state index contributed by atoms with van der Waals surface area (Å²) in [5.74, 6) is -1.82. The van der Waals surface area contributed by atoms with Crippen molar-refractivity contribution in [3.8, 4) is 5.75 Å². The number of benzene rings is 1. The number of hydrogen-bond donors (Lipinski definition) is 4. The van der Waals surface area contributed by atoms with E-state index in [1.54, 1.807) is 39.0 Å². The lowest BCUT2D eigenvalue weighted by molar-refractivity contribution is -0.138. The summed E-state index contributed by atoms with van der Waals surface area (Å²) in [6.07, 6.45) is 7.15. The van der Waals surface area contributed by atoms with Crippen LogP contribution in [0.15, 0.2) is 54.3 Å². The van der Waals surface area contributed by atoms with Crippen LogP contribution in [-0.4, -0.2) is 68.5 Å². The zero-order valence-corrected chi connectivity index (χ0v) is 27.7. The van der Waals surface area contributed by atoms with Gasteiger partial charge in [0, 0.05) is 18.0 Å². The smallest absolute Gasteiger partial charge is 0.408 e. The summed E-state index contributed by atoms with van der Waals surface area (Å²) < 4.78 is 39.8. The minimum absolute atomic E-state index is 0.0659. The lowest BCUT2D eigenvalue weighted by atomic mass is 9.99. The van der Waals surface area contributed by atoms with Crippen LogP contribution in [0.25, 0.3) is 0 Å². The van der Waals surface area contributed by atoms with E-state index in [0.717, 1.165) is 6.42 Å². The molecule has 1 aliphatic heterocycles. The fourth-order valence-electron chi connectivity index (χ4n) is 5.24. The Morgan fingerprint density at radius 3 is 2.57 bits per heavy atom. The van der Waals surface area contributed by atoms with Gasteiger partial charge in [-0.25, -0.2) is 9.52 Å². The number of allylic oxidation sites excluding steroid dienone is 2. The molecule has 1 aliphatic carbocycles. The average Bonchev–Trinajstić information content (AvgIpc) is 3.57. The molecule has 4 amide bonds. The zero-order chi connectivity index (χ0) is 34.1. The SMILES string of the molecule is C=C=C(CCCC/C=C\[C@@H]1C[C@@H]1C(=O)NS(=O)(=O)Nc1ccccc1OC)[C@H](NC(=O)OC(C)(C)C)C(=O)N1CCC[C@H]1C(N)=O. The number of ether oxygens (including phenoxy) is 2. The Bertz CT molecular complexity index is 1480. The highest BCUT2D eigenvalue weighted by atomic mass is 32.2. The Kier molecular flexibility index (Phi) is 12.4. The van der Waals surface area contributed by atoms with Gasteiger partial charge in [0.25, 0.3) is 5.91 Å². The first-order valence-electron chi connectivity index (χ1n) is 15.3. The predicted molar refractivity (Wildman–Crippen MR) is 173 cm³/mol. The maximum absolute atomic E-state index is 13.5. The number of likely N-dealkylation sites (tertiary alicyclic amines) is 1. The van der Waals surface area contributed by atoms with Gasteiger partial charge in [0.2, 0.25) is 11.8 Å². The van der Waals surface area contributed by atoms with Crippen LogP contribution in [-0.2, 0) is 29.3 Å². The second-order valence-electron chi connectivity index (χ2n) is 12.3. The van der Waals surface area contributed by atoms with Crippen molar-refractivity contribution >= 4 is 39.7 Å². The van der Waals surface area contributed by atoms with Gasteiger partial charge in [-0.05, 0) is 83.8 Å². The molecule has 2 fully saturated rings. The van der Waals surface area contributed by atoms with Gasteiger partial charge < -0.3 is 25.4 Å². The van der Waals surface area contributed by atoms with E-state index in [4.69, 9.17) is 15.2 Å². The first kappa shape index (κ1) is 36.2. The number of alkyl carbamates (subject to hydrolysis) is 1. The van der Waals surface area contributed by atoms with Crippen molar-refractivity contribution in [2.24, 2.45) is 17.6 Å². The number of amides is 4. The van der Waals surface area contributed by atoms with Crippen LogP contribution in [0, 0.1) is 11.8 Å². The lowest BCUT2D eigenvalue weighted by Crippen LogP contribution is -2.54. The number of unbranched alkanes of at least 4 members (excludes halogenated alkanes) is 2. The van der Waals surface area contributed by atoms with E-state index in [2.05, 4.69) is 27.1 Å². The van der Waals surface area contributed by atoms with E-state index in [1.165, 1.54) is 18.1 Å². The van der Waals surface area contributed by atoms with Crippen molar-refractivity contribution in [3.05, 3.63) is 54.3 Å². The molecule has 1 aromatic rings. The van der Waals surface area contributed by atoms with Crippen LogP contribution in [0.2, 0.25) is 0 Å². The molecule has 1 aromatic carbocycles. The normalized spacial score (nSPS) is 19.9. The molecule has 1 heterocycles. The van der Waals surface area contributed by atoms with E-state index in [-0.39, 0.29) is 11.6 Å². The van der Waals surface area contributed by atoms with Crippen LogP contribution in [0.5, 0.6) is 5.75 Å². The zero-order valence-electron chi connectivity index (χ0n) is 26.8. The number of para-hydroxylation sites is 2. The van der Waals surface area contributed by atoms with Gasteiger partial charge in [0.15, 0.2) is 0 Å². The van der Waals surface area contributed by atoms with Crippen LogP contribution in [0.3, 0.4) is 0 Å². The number of carbonyl (C=O) groups excluding carboxylic acids is 4. The molecule has 1 saturated heterocycles. The quantitative estimate of drug-likeness (QED) is 0.125. The van der Waals surface area contributed by atoms with Crippen molar-refractivity contribution in [2.45, 2.75) is 83.4 Å². The maximum Gasteiger partial charge on any atom is 0.408 e. The topological polar surface area (TPSA) is 186 Å². The first-order chi connectivity index (χ1) is 21.7. The van der Waals surface area contributed by atoms with Crippen molar-refractivity contribution in [3.63, 3.8) is 0 Å². The summed E-state index contributed by atoms with van der Waals surface area (Å²) in [4.78, 5) is 52.0. The highest BCUT2D eigenvalue weighted by Gasteiger charge is 2.42. The lowest BCUT2D eigenvalue weighted by Gasteiger charge is -2.29. The van der Waals surface area contributed by atoms with Gasteiger partial charge in [-0.3, -0.25) is 19.1 Å². The third-order valence-corrected chi connectivity index (χ3v) is 8.52. The summed E-state index contributed by atoms with van der Waals surface area (Å²) in [6, 6.07) is 4.62. The summed E-state index contributed by atoms with van der Waals surface area (Å²) in [7, 11) is -2.71. The second kappa shape index (κ2) is 15.8. The monoisotopic (exact) mass is 659 g/mol. The number of anilines is 1. The van der Waals surface area contributed by atoms with E-state index >= 15 is 0 Å². The molecule has 5 N–H and O–H groups in total. The van der Waals surface area contributed by atoms with Gasteiger partial charge in [-0.2, -0.15) is 8.42 Å². The van der Waals surface area contributed by atoms with Crippen LogP contribution < -0.4 is 25.2 Å². The Morgan fingerprint density at radius 2 is 1.91 bits per heavy atom. The minimum atomic E-state index is -4.13. The molecule has 0 unspecified atom stereocenters. The summed E-state index contributed by atoms with van der Waals surface area (Å²) in [6.45, 7) is 9.22.